The lowest BCUT2D eigenvalue weighted by molar-refractivity contribution is 0.249. The quantitative estimate of drug-likeness (QED) is 0.527. The summed E-state index contributed by atoms with van der Waals surface area (Å²) < 4.78 is 0. The summed E-state index contributed by atoms with van der Waals surface area (Å²) >= 11 is 5.66. The number of carbonyl (C=O) groups is 1. The maximum absolute atomic E-state index is 10.4. The lowest BCUT2D eigenvalue weighted by Gasteiger charge is -2.06. The van der Waals surface area contributed by atoms with Crippen LogP contribution in [0.15, 0.2) is 0 Å². The van der Waals surface area contributed by atoms with Gasteiger partial charge in [0, 0.05) is 20.1 Å². The molecule has 0 radical (unpaired) electrons. The zero-order valence-electron chi connectivity index (χ0n) is 8.62. The van der Waals surface area contributed by atoms with Crippen LogP contribution in [0.1, 0.15) is 0 Å². The average Bonchev–Trinajstić information content (AvgIpc) is 2.23. The number of nitrogens with two attached hydrogens (primary N) is 1. The Kier molecular flexibility index (Phi) is 4.52. The predicted molar refractivity (Wildman–Crippen MR) is 60.5 cm³/mol. The van der Waals surface area contributed by atoms with E-state index in [1.807, 2.05) is 0 Å². The van der Waals surface area contributed by atoms with Gasteiger partial charge in [-0.15, -0.1) is 0 Å². The van der Waals surface area contributed by atoms with Crippen LogP contribution in [0.4, 0.5) is 16.7 Å². The normalized spacial score (nSPS) is 9.62. The Hall–Kier alpha value is -1.83. The number of hydrogen-bond acceptors (Lipinski definition) is 6. The van der Waals surface area contributed by atoms with Crippen LogP contribution in [0.2, 0.25) is 5.28 Å². The van der Waals surface area contributed by atoms with Crippen LogP contribution < -0.4 is 21.7 Å². The first-order chi connectivity index (χ1) is 7.61. The highest BCUT2D eigenvalue weighted by Gasteiger charge is 2.02. The topological polar surface area (TPSA) is 118 Å². The molecule has 0 aliphatic rings. The Morgan fingerprint density at radius 2 is 2.00 bits per heavy atom. The number of rotatable bonds is 5. The Morgan fingerprint density at radius 1 is 1.31 bits per heavy atom. The fraction of sp³-hybridized carbons (Fsp3) is 0.429. The van der Waals surface area contributed by atoms with Crippen LogP contribution in [0, 0.1) is 0 Å². The number of anilines is 2. The Balaban J connectivity index is 2.47. The number of aromatic nitrogens is 3. The molecule has 88 valence electrons. The molecule has 8 nitrogen and oxygen atoms in total. The predicted octanol–water partition coefficient (Wildman–Crippen LogP) is -0.353. The van der Waals surface area contributed by atoms with Crippen molar-refractivity contribution in [3.05, 3.63) is 5.28 Å². The number of nitrogens with one attached hydrogen (secondary N) is 3. The maximum Gasteiger partial charge on any atom is 0.312 e. The summed E-state index contributed by atoms with van der Waals surface area (Å²) in [5, 5.41) is 8.10. The van der Waals surface area contributed by atoms with Gasteiger partial charge in [0.2, 0.25) is 17.2 Å². The standard InChI is InChI=1S/C7H12ClN7O/c1-10-6-13-4(8)14-7(15-6)12-3-2-11-5(9)16/h2-3H2,1H3,(H3,9,11,16)(H2,10,12,13,14,15). The van der Waals surface area contributed by atoms with Crippen molar-refractivity contribution in [3.63, 3.8) is 0 Å². The first-order valence-electron chi connectivity index (χ1n) is 4.48. The minimum Gasteiger partial charge on any atom is -0.357 e. The first kappa shape index (κ1) is 12.2. The van der Waals surface area contributed by atoms with Crippen LogP contribution in [-0.2, 0) is 0 Å². The molecule has 0 aliphatic carbocycles. The van der Waals surface area contributed by atoms with Crippen molar-refractivity contribution in [1.29, 1.82) is 0 Å². The molecule has 1 rings (SSSR count). The van der Waals surface area contributed by atoms with Crippen molar-refractivity contribution < 1.29 is 4.79 Å². The van der Waals surface area contributed by atoms with E-state index < -0.39 is 6.03 Å². The highest BCUT2D eigenvalue weighted by atomic mass is 35.5. The molecule has 0 saturated heterocycles. The number of hydrogen-bond donors (Lipinski definition) is 4. The van der Waals surface area contributed by atoms with E-state index in [-0.39, 0.29) is 5.28 Å². The molecule has 0 unspecified atom stereocenters. The average molecular weight is 246 g/mol. The van der Waals surface area contributed by atoms with E-state index in [0.717, 1.165) is 0 Å². The summed E-state index contributed by atoms with van der Waals surface area (Å²) in [6.07, 6.45) is 0. The zero-order valence-corrected chi connectivity index (χ0v) is 9.38. The van der Waals surface area contributed by atoms with E-state index in [1.54, 1.807) is 7.05 Å². The summed E-state index contributed by atoms with van der Waals surface area (Å²) in [4.78, 5) is 22.0. The van der Waals surface area contributed by atoms with Crippen LogP contribution in [0.25, 0.3) is 0 Å². The van der Waals surface area contributed by atoms with Gasteiger partial charge >= 0.3 is 6.03 Å². The highest BCUT2D eigenvalue weighted by Crippen LogP contribution is 2.08. The number of urea groups is 1. The lowest BCUT2D eigenvalue weighted by atomic mass is 10.6. The van der Waals surface area contributed by atoms with Gasteiger partial charge in [0.05, 0.1) is 0 Å². The summed E-state index contributed by atoms with van der Waals surface area (Å²) in [5.74, 6) is 0.695. The van der Waals surface area contributed by atoms with E-state index in [1.165, 1.54) is 0 Å². The fourth-order valence-electron chi connectivity index (χ4n) is 0.901. The van der Waals surface area contributed by atoms with Gasteiger partial charge in [-0.2, -0.15) is 15.0 Å². The molecule has 0 aromatic carbocycles. The number of halogens is 1. The molecule has 1 aromatic heterocycles. The van der Waals surface area contributed by atoms with E-state index in [2.05, 4.69) is 30.9 Å². The van der Waals surface area contributed by atoms with Gasteiger partial charge in [0.15, 0.2) is 0 Å². The summed E-state index contributed by atoms with van der Waals surface area (Å²) in [6.45, 7) is 0.806. The van der Waals surface area contributed by atoms with Crippen molar-refractivity contribution in [2.45, 2.75) is 0 Å². The Labute approximate surface area is 97.0 Å². The molecule has 1 heterocycles. The maximum atomic E-state index is 10.4. The second kappa shape index (κ2) is 5.91. The molecular weight excluding hydrogens is 234 g/mol. The van der Waals surface area contributed by atoms with Gasteiger partial charge in [0.1, 0.15) is 0 Å². The van der Waals surface area contributed by atoms with Crippen LogP contribution in [-0.4, -0.2) is 41.1 Å². The van der Waals surface area contributed by atoms with E-state index >= 15 is 0 Å². The number of carbonyl (C=O) groups excluding carboxylic acids is 1. The molecule has 16 heavy (non-hydrogen) atoms. The molecule has 0 aliphatic heterocycles. The third-order valence-electron chi connectivity index (χ3n) is 1.54. The van der Waals surface area contributed by atoms with Crippen molar-refractivity contribution in [2.24, 2.45) is 5.73 Å². The monoisotopic (exact) mass is 245 g/mol. The van der Waals surface area contributed by atoms with E-state index in [4.69, 9.17) is 17.3 Å². The number of primary amides is 1. The summed E-state index contributed by atoms with van der Waals surface area (Å²) in [5.41, 5.74) is 4.89. The third kappa shape index (κ3) is 4.13. The summed E-state index contributed by atoms with van der Waals surface area (Å²) in [7, 11) is 1.67. The SMILES string of the molecule is CNc1nc(Cl)nc(NCCNC(N)=O)n1. The van der Waals surface area contributed by atoms with Crippen molar-refractivity contribution in [1.82, 2.24) is 20.3 Å². The molecule has 5 N–H and O–H groups in total. The largest absolute Gasteiger partial charge is 0.357 e. The molecule has 0 fully saturated rings. The van der Waals surface area contributed by atoms with Crippen molar-refractivity contribution in [3.8, 4) is 0 Å². The molecule has 9 heteroatoms. The second-order valence-corrected chi connectivity index (χ2v) is 3.06. The van der Waals surface area contributed by atoms with Crippen LogP contribution in [0.5, 0.6) is 0 Å². The van der Waals surface area contributed by atoms with Crippen molar-refractivity contribution in [2.75, 3.05) is 30.8 Å². The molecule has 1 aromatic rings. The smallest absolute Gasteiger partial charge is 0.312 e. The number of nitrogens with zero attached hydrogens (tertiary/aromatic N) is 3. The van der Waals surface area contributed by atoms with Gasteiger partial charge in [-0.25, -0.2) is 4.79 Å². The van der Waals surface area contributed by atoms with Gasteiger partial charge in [-0.05, 0) is 11.6 Å². The fourth-order valence-corrected chi connectivity index (χ4v) is 1.06. The molecule has 2 amide bonds. The second-order valence-electron chi connectivity index (χ2n) is 2.72. The lowest BCUT2D eigenvalue weighted by Crippen LogP contribution is -2.33. The van der Waals surface area contributed by atoms with Gasteiger partial charge < -0.3 is 21.7 Å². The minimum atomic E-state index is -0.577. The van der Waals surface area contributed by atoms with Crippen LogP contribution >= 0.6 is 11.6 Å². The highest BCUT2D eigenvalue weighted by molar-refractivity contribution is 6.28. The molecule has 0 saturated carbocycles. The zero-order chi connectivity index (χ0) is 12.0. The molecule has 0 spiro atoms. The third-order valence-corrected chi connectivity index (χ3v) is 1.71. The first-order valence-corrected chi connectivity index (χ1v) is 4.86. The van der Waals surface area contributed by atoms with Gasteiger partial charge in [0.25, 0.3) is 0 Å². The van der Waals surface area contributed by atoms with Crippen LogP contribution in [0.3, 0.4) is 0 Å². The molecule has 0 atom stereocenters. The van der Waals surface area contributed by atoms with E-state index in [0.29, 0.717) is 25.0 Å². The molecular formula is C7H12ClN7O. The molecule has 0 bridgehead atoms. The van der Waals surface area contributed by atoms with E-state index in [9.17, 15) is 4.79 Å². The van der Waals surface area contributed by atoms with Gasteiger partial charge in [-0.1, -0.05) is 0 Å². The van der Waals surface area contributed by atoms with Crippen molar-refractivity contribution >= 4 is 29.5 Å². The summed E-state index contributed by atoms with van der Waals surface area (Å²) in [6, 6.07) is -0.577. The minimum absolute atomic E-state index is 0.0877. The van der Waals surface area contributed by atoms with Gasteiger partial charge in [-0.3, -0.25) is 0 Å². The Morgan fingerprint density at radius 3 is 2.62 bits per heavy atom. The Bertz CT molecular complexity index is 372. The number of amides is 2.